The van der Waals surface area contributed by atoms with Crippen LogP contribution in [0.2, 0.25) is 0 Å². The molecule has 3 aromatic rings. The Kier molecular flexibility index (Phi) is 3.25. The SMILES string of the molecule is C=c1ccc2c(c1O)N(c1cc(N=O)c3cccnc3c1O)C=CC=2. The summed E-state index contributed by atoms with van der Waals surface area (Å²) in [6.07, 6.45) is 6.82. The minimum atomic E-state index is -0.102. The van der Waals surface area contributed by atoms with Crippen LogP contribution in [0.15, 0.2) is 54.0 Å². The lowest BCUT2D eigenvalue weighted by molar-refractivity contribution is 0.470. The molecule has 2 N–H and O–H groups in total. The quantitative estimate of drug-likeness (QED) is 0.705. The number of rotatable bonds is 2. The van der Waals surface area contributed by atoms with Crippen molar-refractivity contribution in [1.29, 1.82) is 0 Å². The highest BCUT2D eigenvalue weighted by Gasteiger charge is 2.22. The lowest BCUT2D eigenvalue weighted by Crippen LogP contribution is -2.23. The van der Waals surface area contributed by atoms with Gasteiger partial charge >= 0.3 is 0 Å². The molecule has 1 aliphatic rings. The number of aromatic nitrogens is 1. The van der Waals surface area contributed by atoms with Gasteiger partial charge in [-0.15, -0.1) is 4.91 Å². The fourth-order valence-electron chi connectivity index (χ4n) is 2.99. The Morgan fingerprint density at radius 2 is 2.00 bits per heavy atom. The highest BCUT2D eigenvalue weighted by atomic mass is 16.3. The van der Waals surface area contributed by atoms with Gasteiger partial charge < -0.3 is 15.1 Å². The Bertz CT molecular complexity index is 1170. The number of benzene rings is 2. The van der Waals surface area contributed by atoms with Crippen LogP contribution in [0.5, 0.6) is 11.5 Å². The maximum Gasteiger partial charge on any atom is 0.166 e. The van der Waals surface area contributed by atoms with Crippen LogP contribution in [0.25, 0.3) is 23.6 Å². The van der Waals surface area contributed by atoms with E-state index >= 15 is 0 Å². The second-order valence-electron chi connectivity index (χ2n) is 5.64. The summed E-state index contributed by atoms with van der Waals surface area (Å²) in [5, 5.41) is 25.9. The molecule has 1 aliphatic heterocycles. The number of hydrogen-bond acceptors (Lipinski definition) is 6. The molecule has 122 valence electrons. The van der Waals surface area contributed by atoms with E-state index in [0.29, 0.717) is 22.0 Å². The van der Waals surface area contributed by atoms with E-state index < -0.39 is 0 Å². The molecule has 0 unspecified atom stereocenters. The van der Waals surface area contributed by atoms with E-state index in [2.05, 4.69) is 16.7 Å². The van der Waals surface area contributed by atoms with Gasteiger partial charge in [0.15, 0.2) is 5.75 Å². The van der Waals surface area contributed by atoms with Crippen LogP contribution < -0.4 is 15.3 Å². The Morgan fingerprint density at radius 1 is 1.16 bits per heavy atom. The largest absolute Gasteiger partial charge is 0.505 e. The number of phenolic OH excluding ortho intramolecular Hbond substituents is 2. The summed E-state index contributed by atoms with van der Waals surface area (Å²) in [5.74, 6) is -0.103. The molecule has 0 aliphatic carbocycles. The number of aromatic hydroxyl groups is 2. The van der Waals surface area contributed by atoms with Crippen molar-refractivity contribution in [3.8, 4) is 11.5 Å². The van der Waals surface area contributed by atoms with E-state index in [9.17, 15) is 15.1 Å². The average molecular weight is 331 g/mol. The monoisotopic (exact) mass is 331 g/mol. The summed E-state index contributed by atoms with van der Waals surface area (Å²) in [5.41, 5.74) is 1.19. The molecule has 0 saturated carbocycles. The minimum absolute atomic E-state index is 0.000713. The molecule has 6 nitrogen and oxygen atoms in total. The van der Waals surface area contributed by atoms with E-state index in [1.54, 1.807) is 35.4 Å². The molecule has 2 heterocycles. The van der Waals surface area contributed by atoms with Crippen molar-refractivity contribution in [2.45, 2.75) is 0 Å². The van der Waals surface area contributed by atoms with Gasteiger partial charge in [0.2, 0.25) is 0 Å². The summed E-state index contributed by atoms with van der Waals surface area (Å²) in [4.78, 5) is 17.0. The first-order chi connectivity index (χ1) is 12.1. The van der Waals surface area contributed by atoms with E-state index in [1.807, 2.05) is 12.1 Å². The molecule has 6 heteroatoms. The van der Waals surface area contributed by atoms with Crippen molar-refractivity contribution >= 4 is 40.6 Å². The van der Waals surface area contributed by atoms with Crippen molar-refractivity contribution in [2.24, 2.45) is 5.18 Å². The molecule has 0 bridgehead atoms. The third kappa shape index (κ3) is 2.15. The zero-order chi connectivity index (χ0) is 17.6. The van der Waals surface area contributed by atoms with Gasteiger partial charge in [0.25, 0.3) is 0 Å². The Balaban J connectivity index is 2.06. The third-order valence-corrected chi connectivity index (χ3v) is 4.20. The van der Waals surface area contributed by atoms with E-state index in [-0.39, 0.29) is 22.7 Å². The van der Waals surface area contributed by atoms with Crippen LogP contribution in [0.1, 0.15) is 0 Å². The van der Waals surface area contributed by atoms with E-state index in [4.69, 9.17) is 0 Å². The topological polar surface area (TPSA) is 86.0 Å². The van der Waals surface area contributed by atoms with Crippen LogP contribution in [0.3, 0.4) is 0 Å². The number of phenols is 2. The predicted molar refractivity (Wildman–Crippen MR) is 97.5 cm³/mol. The summed E-state index contributed by atoms with van der Waals surface area (Å²) in [6.45, 7) is 3.80. The van der Waals surface area contributed by atoms with Gasteiger partial charge in [0.05, 0.1) is 11.4 Å². The first-order valence-electron chi connectivity index (χ1n) is 7.54. The summed E-state index contributed by atoms with van der Waals surface area (Å²) in [6, 6.07) is 8.34. The number of pyridine rings is 1. The molecule has 0 fully saturated rings. The average Bonchev–Trinajstić information content (AvgIpc) is 2.65. The van der Waals surface area contributed by atoms with Gasteiger partial charge in [0.1, 0.15) is 17.0 Å². The second-order valence-corrected chi connectivity index (χ2v) is 5.64. The summed E-state index contributed by atoms with van der Waals surface area (Å²) in [7, 11) is 0. The van der Waals surface area contributed by atoms with Crippen molar-refractivity contribution in [3.05, 3.63) is 64.1 Å². The summed E-state index contributed by atoms with van der Waals surface area (Å²) >= 11 is 0. The predicted octanol–water partition coefficient (Wildman–Crippen LogP) is 2.90. The van der Waals surface area contributed by atoms with Crippen molar-refractivity contribution in [2.75, 3.05) is 4.90 Å². The zero-order valence-corrected chi connectivity index (χ0v) is 13.0. The summed E-state index contributed by atoms with van der Waals surface area (Å²) < 4.78 is 0. The third-order valence-electron chi connectivity index (χ3n) is 4.20. The van der Waals surface area contributed by atoms with E-state index in [1.165, 1.54) is 12.3 Å². The van der Waals surface area contributed by atoms with Crippen LogP contribution in [0, 0.1) is 4.91 Å². The van der Waals surface area contributed by atoms with E-state index in [0.717, 1.165) is 5.22 Å². The fraction of sp³-hybridized carbons (Fsp3) is 0. The Labute approximate surface area is 142 Å². The van der Waals surface area contributed by atoms with Gasteiger partial charge in [-0.25, -0.2) is 0 Å². The maximum absolute atomic E-state index is 11.3. The number of anilines is 2. The highest BCUT2D eigenvalue weighted by molar-refractivity contribution is 6.00. The van der Waals surface area contributed by atoms with Gasteiger partial charge in [0, 0.05) is 28.2 Å². The molecule has 1 aromatic heterocycles. The van der Waals surface area contributed by atoms with Crippen LogP contribution >= 0.6 is 0 Å². The molecule has 4 rings (SSSR count). The van der Waals surface area contributed by atoms with Gasteiger partial charge in [-0.2, -0.15) is 0 Å². The molecular weight excluding hydrogens is 318 g/mol. The molecular formula is C19H13N3O3. The minimum Gasteiger partial charge on any atom is -0.505 e. The molecule has 0 amide bonds. The Hall–Kier alpha value is -3.67. The number of nitrogens with zero attached hydrogens (tertiary/aromatic N) is 3. The van der Waals surface area contributed by atoms with Crippen molar-refractivity contribution in [1.82, 2.24) is 4.98 Å². The smallest absolute Gasteiger partial charge is 0.166 e. The lowest BCUT2D eigenvalue weighted by Gasteiger charge is -2.25. The molecule has 0 atom stereocenters. The number of hydrogen-bond donors (Lipinski definition) is 2. The fourth-order valence-corrected chi connectivity index (χ4v) is 2.99. The first kappa shape index (κ1) is 14.9. The number of allylic oxidation sites excluding steroid dienone is 1. The zero-order valence-electron chi connectivity index (χ0n) is 13.0. The molecule has 25 heavy (non-hydrogen) atoms. The first-order valence-corrected chi connectivity index (χ1v) is 7.54. The van der Waals surface area contributed by atoms with Gasteiger partial charge in [-0.1, -0.05) is 24.8 Å². The number of fused-ring (bicyclic) bond motifs is 2. The molecule has 0 radical (unpaired) electrons. The molecule has 0 saturated heterocycles. The standard InChI is InChI=1S/C19H13N3O3/c1-11-6-7-12-4-3-9-22(17(12)18(11)23)15-10-14(21-25)13-5-2-8-20-16(13)19(15)24/h2-10,23-24H,1H2. The van der Waals surface area contributed by atoms with Crippen LogP contribution in [-0.4, -0.2) is 15.2 Å². The van der Waals surface area contributed by atoms with Crippen LogP contribution in [0.4, 0.5) is 17.1 Å². The van der Waals surface area contributed by atoms with Crippen molar-refractivity contribution < 1.29 is 10.2 Å². The van der Waals surface area contributed by atoms with Crippen LogP contribution in [-0.2, 0) is 0 Å². The normalized spacial score (nSPS) is 12.7. The van der Waals surface area contributed by atoms with Crippen molar-refractivity contribution in [3.63, 3.8) is 0 Å². The Morgan fingerprint density at radius 3 is 2.80 bits per heavy atom. The number of nitroso groups, excluding NO2 is 1. The van der Waals surface area contributed by atoms with Gasteiger partial charge in [-0.05, 0) is 29.5 Å². The second kappa shape index (κ2) is 5.45. The molecule has 2 aromatic carbocycles. The van der Waals surface area contributed by atoms with Gasteiger partial charge in [-0.3, -0.25) is 4.98 Å². The maximum atomic E-state index is 11.3. The lowest BCUT2D eigenvalue weighted by atomic mass is 10.1. The highest BCUT2D eigenvalue weighted by Crippen LogP contribution is 2.43. The molecule has 0 spiro atoms.